The molecular weight excluding hydrogens is 350 g/mol. The third-order valence-corrected chi connectivity index (χ3v) is 4.55. The van der Waals surface area contributed by atoms with E-state index in [2.05, 4.69) is 15.3 Å². The van der Waals surface area contributed by atoms with Crippen molar-refractivity contribution < 1.29 is 14.4 Å². The summed E-state index contributed by atoms with van der Waals surface area (Å²) in [5, 5.41) is 14.9. The number of hydrogen-bond acceptors (Lipinski definition) is 8. The lowest BCUT2D eigenvalue weighted by Crippen LogP contribution is -2.26. The normalized spacial score (nSPS) is 14.4. The predicted octanol–water partition coefficient (Wildman–Crippen LogP) is 3.53. The van der Waals surface area contributed by atoms with E-state index < -0.39 is 4.92 Å². The quantitative estimate of drug-likeness (QED) is 0.606. The van der Waals surface area contributed by atoms with Crippen molar-refractivity contribution in [3.63, 3.8) is 0 Å². The number of aromatic nitrogens is 2. The topological polar surface area (TPSA) is 103 Å². The van der Waals surface area contributed by atoms with E-state index in [1.165, 1.54) is 13.4 Å². The molecule has 27 heavy (non-hydrogen) atoms. The van der Waals surface area contributed by atoms with E-state index in [1.54, 1.807) is 25.3 Å². The van der Waals surface area contributed by atoms with Gasteiger partial charge in [0.05, 0.1) is 24.8 Å². The van der Waals surface area contributed by atoms with Crippen molar-refractivity contribution >= 4 is 23.0 Å². The summed E-state index contributed by atoms with van der Waals surface area (Å²) in [4.78, 5) is 21.7. The molecule has 1 saturated heterocycles. The molecule has 1 aromatic heterocycles. The Kier molecular flexibility index (Phi) is 5.90. The zero-order valence-electron chi connectivity index (χ0n) is 15.5. The molecule has 0 amide bonds. The highest BCUT2D eigenvalue weighted by Crippen LogP contribution is 2.37. The van der Waals surface area contributed by atoms with Crippen molar-refractivity contribution in [3.8, 4) is 11.5 Å². The first-order valence-corrected chi connectivity index (χ1v) is 8.87. The highest BCUT2D eigenvalue weighted by molar-refractivity contribution is 5.77. The Labute approximate surface area is 157 Å². The van der Waals surface area contributed by atoms with Crippen LogP contribution in [0.15, 0.2) is 24.5 Å². The summed E-state index contributed by atoms with van der Waals surface area (Å²) < 4.78 is 10.6. The number of methoxy groups -OCH3 is 2. The lowest BCUT2D eigenvalue weighted by molar-refractivity contribution is -0.383. The molecule has 1 fully saturated rings. The van der Waals surface area contributed by atoms with Gasteiger partial charge < -0.3 is 19.7 Å². The van der Waals surface area contributed by atoms with E-state index in [-0.39, 0.29) is 11.5 Å². The molecule has 0 atom stereocenters. The zero-order chi connectivity index (χ0) is 19.2. The Morgan fingerprint density at radius 3 is 2.48 bits per heavy atom. The van der Waals surface area contributed by atoms with E-state index in [0.29, 0.717) is 23.0 Å². The van der Waals surface area contributed by atoms with Crippen LogP contribution in [-0.2, 0) is 0 Å². The van der Waals surface area contributed by atoms with Crippen LogP contribution in [0.2, 0.25) is 0 Å². The fourth-order valence-corrected chi connectivity index (χ4v) is 3.18. The van der Waals surface area contributed by atoms with Crippen LogP contribution in [-0.4, -0.2) is 42.2 Å². The summed E-state index contributed by atoms with van der Waals surface area (Å²) >= 11 is 0. The van der Waals surface area contributed by atoms with Crippen LogP contribution in [0.3, 0.4) is 0 Å². The van der Waals surface area contributed by atoms with Crippen LogP contribution in [0.1, 0.15) is 25.7 Å². The van der Waals surface area contributed by atoms with Gasteiger partial charge in [0.2, 0.25) is 11.6 Å². The third-order valence-electron chi connectivity index (χ3n) is 4.55. The molecule has 9 nitrogen and oxygen atoms in total. The van der Waals surface area contributed by atoms with Crippen molar-refractivity contribution in [1.82, 2.24) is 9.97 Å². The molecule has 144 valence electrons. The highest BCUT2D eigenvalue weighted by Gasteiger charge is 2.28. The Balaban J connectivity index is 2.01. The summed E-state index contributed by atoms with van der Waals surface area (Å²) in [5.41, 5.74) is 0.393. The lowest BCUT2D eigenvalue weighted by Gasteiger charge is -2.21. The number of nitro groups is 1. The molecule has 0 aliphatic carbocycles. The fraction of sp³-hybridized carbons (Fsp3) is 0.444. The van der Waals surface area contributed by atoms with E-state index in [1.807, 2.05) is 4.90 Å². The summed E-state index contributed by atoms with van der Waals surface area (Å²) in [5.74, 6) is 1.60. The minimum atomic E-state index is -0.435. The molecule has 2 heterocycles. The van der Waals surface area contributed by atoms with Gasteiger partial charge in [-0.25, -0.2) is 9.97 Å². The minimum Gasteiger partial charge on any atom is -0.497 e. The minimum absolute atomic E-state index is 0.126. The third kappa shape index (κ3) is 4.18. The summed E-state index contributed by atoms with van der Waals surface area (Å²) in [7, 11) is 3.08. The molecule has 1 aliphatic heterocycles. The van der Waals surface area contributed by atoms with Gasteiger partial charge in [0.15, 0.2) is 0 Å². The molecule has 1 aliphatic rings. The molecule has 1 N–H and O–H groups in total. The first kappa shape index (κ1) is 18.7. The number of rotatable bonds is 6. The summed E-state index contributed by atoms with van der Waals surface area (Å²) in [6, 6.07) is 5.18. The molecule has 0 spiro atoms. The van der Waals surface area contributed by atoms with Gasteiger partial charge >= 0.3 is 5.69 Å². The second-order valence-electron chi connectivity index (χ2n) is 6.24. The van der Waals surface area contributed by atoms with Crippen molar-refractivity contribution in [2.24, 2.45) is 0 Å². The molecular formula is C18H23N5O4. The van der Waals surface area contributed by atoms with Gasteiger partial charge in [-0.05, 0) is 25.0 Å². The maximum atomic E-state index is 11.8. The van der Waals surface area contributed by atoms with Crippen LogP contribution in [0.4, 0.5) is 23.0 Å². The van der Waals surface area contributed by atoms with Gasteiger partial charge in [-0.2, -0.15) is 0 Å². The van der Waals surface area contributed by atoms with E-state index in [4.69, 9.17) is 9.47 Å². The number of hydrogen-bond donors (Lipinski definition) is 1. The van der Waals surface area contributed by atoms with Gasteiger partial charge in [-0.1, -0.05) is 12.8 Å². The molecule has 0 unspecified atom stereocenters. The molecule has 1 aromatic carbocycles. The van der Waals surface area contributed by atoms with Crippen molar-refractivity contribution in [2.75, 3.05) is 37.5 Å². The van der Waals surface area contributed by atoms with Gasteiger partial charge in [-0.15, -0.1) is 0 Å². The number of anilines is 3. The first-order chi connectivity index (χ1) is 13.1. The zero-order valence-corrected chi connectivity index (χ0v) is 15.5. The standard InChI is InChI=1S/C18H23N5O4/c1-26-13-7-8-15(27-2)14(11-13)21-17-16(23(24)25)18(20-12-19-17)22-9-5-3-4-6-10-22/h7-8,11-12H,3-6,9-10H2,1-2H3,(H,19,20,21). The van der Waals surface area contributed by atoms with Crippen molar-refractivity contribution in [3.05, 3.63) is 34.6 Å². The van der Waals surface area contributed by atoms with Crippen molar-refractivity contribution in [1.29, 1.82) is 0 Å². The average molecular weight is 373 g/mol. The van der Waals surface area contributed by atoms with E-state index in [0.717, 1.165) is 38.8 Å². The lowest BCUT2D eigenvalue weighted by atomic mass is 10.2. The monoisotopic (exact) mass is 373 g/mol. The molecule has 0 radical (unpaired) electrons. The Morgan fingerprint density at radius 1 is 1.11 bits per heavy atom. The first-order valence-electron chi connectivity index (χ1n) is 8.87. The number of nitrogens with one attached hydrogen (secondary N) is 1. The van der Waals surface area contributed by atoms with Gasteiger partial charge in [0.25, 0.3) is 0 Å². The number of benzene rings is 1. The molecule has 3 rings (SSSR count). The second-order valence-corrected chi connectivity index (χ2v) is 6.24. The van der Waals surface area contributed by atoms with Crippen LogP contribution >= 0.6 is 0 Å². The smallest absolute Gasteiger partial charge is 0.353 e. The molecule has 0 bridgehead atoms. The molecule has 0 saturated carbocycles. The highest BCUT2D eigenvalue weighted by atomic mass is 16.6. The Hall–Kier alpha value is -3.10. The maximum Gasteiger partial charge on any atom is 0.353 e. The van der Waals surface area contributed by atoms with Gasteiger partial charge in [0, 0.05) is 19.2 Å². The Morgan fingerprint density at radius 2 is 1.85 bits per heavy atom. The summed E-state index contributed by atoms with van der Waals surface area (Å²) in [6.07, 6.45) is 5.59. The van der Waals surface area contributed by atoms with Gasteiger partial charge in [-0.3, -0.25) is 10.1 Å². The largest absolute Gasteiger partial charge is 0.497 e. The predicted molar refractivity (Wildman–Crippen MR) is 102 cm³/mol. The fourth-order valence-electron chi connectivity index (χ4n) is 3.18. The maximum absolute atomic E-state index is 11.8. The van der Waals surface area contributed by atoms with E-state index >= 15 is 0 Å². The SMILES string of the molecule is COc1ccc(OC)c(Nc2ncnc(N3CCCCCC3)c2[N+](=O)[O-])c1. The van der Waals surface area contributed by atoms with Crippen molar-refractivity contribution in [2.45, 2.75) is 25.7 Å². The number of ether oxygens (including phenoxy) is 2. The Bertz CT molecular complexity index is 806. The number of nitrogens with zero attached hydrogens (tertiary/aromatic N) is 4. The second kappa shape index (κ2) is 8.52. The average Bonchev–Trinajstić information content (AvgIpc) is 2.97. The summed E-state index contributed by atoms with van der Waals surface area (Å²) in [6.45, 7) is 1.50. The van der Waals surface area contributed by atoms with Gasteiger partial charge in [0.1, 0.15) is 17.8 Å². The van der Waals surface area contributed by atoms with Crippen LogP contribution in [0.25, 0.3) is 0 Å². The van der Waals surface area contributed by atoms with E-state index in [9.17, 15) is 10.1 Å². The van der Waals surface area contributed by atoms with Crippen LogP contribution in [0, 0.1) is 10.1 Å². The molecule has 2 aromatic rings. The van der Waals surface area contributed by atoms with Crippen LogP contribution in [0.5, 0.6) is 11.5 Å². The van der Waals surface area contributed by atoms with Crippen LogP contribution < -0.4 is 19.7 Å². The molecule has 9 heteroatoms.